The van der Waals surface area contributed by atoms with E-state index in [9.17, 15) is 14.4 Å². The monoisotopic (exact) mass is 341 g/mol. The minimum Gasteiger partial charge on any atom is -0.369 e. The fourth-order valence-electron chi connectivity index (χ4n) is 3.41. The van der Waals surface area contributed by atoms with Crippen LogP contribution >= 0.6 is 0 Å². The fraction of sp³-hybridized carbons (Fsp3) is 0.412. The zero-order chi connectivity index (χ0) is 17.4. The second-order valence-corrected chi connectivity index (χ2v) is 6.37. The van der Waals surface area contributed by atoms with E-state index in [1.807, 2.05) is 12.1 Å². The van der Waals surface area contributed by atoms with Crippen LogP contribution in [0.25, 0.3) is 10.8 Å². The van der Waals surface area contributed by atoms with E-state index in [0.717, 1.165) is 37.3 Å². The molecular weight excluding hydrogens is 322 g/mol. The van der Waals surface area contributed by atoms with Gasteiger partial charge in [0.25, 0.3) is 11.5 Å². The van der Waals surface area contributed by atoms with Crippen molar-refractivity contribution in [2.75, 3.05) is 31.1 Å². The van der Waals surface area contributed by atoms with E-state index in [2.05, 4.69) is 20.6 Å². The van der Waals surface area contributed by atoms with Gasteiger partial charge in [-0.3, -0.25) is 19.7 Å². The van der Waals surface area contributed by atoms with Gasteiger partial charge in [0.05, 0.1) is 11.6 Å². The Morgan fingerprint density at radius 1 is 1.12 bits per heavy atom. The fourth-order valence-corrected chi connectivity index (χ4v) is 3.41. The van der Waals surface area contributed by atoms with Crippen molar-refractivity contribution >= 4 is 28.3 Å². The Bertz CT molecular complexity index is 901. The van der Waals surface area contributed by atoms with Crippen molar-refractivity contribution in [2.45, 2.75) is 18.9 Å². The maximum absolute atomic E-state index is 12.8. The first kappa shape index (κ1) is 15.8. The lowest BCUT2D eigenvalue weighted by molar-refractivity contribution is -0.136. The number of rotatable bonds is 2. The molecule has 2 saturated heterocycles. The second kappa shape index (κ2) is 6.29. The Morgan fingerprint density at radius 2 is 1.92 bits per heavy atom. The highest BCUT2D eigenvalue weighted by molar-refractivity contribution is 5.99. The first-order chi connectivity index (χ1) is 12.1. The largest absolute Gasteiger partial charge is 0.369 e. The highest BCUT2D eigenvalue weighted by Crippen LogP contribution is 2.22. The number of aromatic nitrogens is 2. The SMILES string of the molecule is O=C1CCC(n2ncc3cc(N4CCNCC4)ccc3c2=O)C(=O)N1. The summed E-state index contributed by atoms with van der Waals surface area (Å²) in [6.45, 7) is 3.72. The van der Waals surface area contributed by atoms with Crippen LogP contribution in [0.3, 0.4) is 0 Å². The Kier molecular flexibility index (Phi) is 3.96. The molecule has 8 heteroatoms. The van der Waals surface area contributed by atoms with E-state index in [1.54, 1.807) is 12.3 Å². The van der Waals surface area contributed by atoms with E-state index in [4.69, 9.17) is 0 Å². The Labute approximate surface area is 143 Å². The number of hydrogen-bond donors (Lipinski definition) is 2. The van der Waals surface area contributed by atoms with Crippen LogP contribution in [0.15, 0.2) is 29.2 Å². The number of piperidine rings is 1. The molecule has 2 fully saturated rings. The number of anilines is 1. The van der Waals surface area contributed by atoms with Crippen LogP contribution in [0.1, 0.15) is 18.9 Å². The van der Waals surface area contributed by atoms with Crippen molar-refractivity contribution in [1.29, 1.82) is 0 Å². The number of piperazine rings is 1. The average molecular weight is 341 g/mol. The van der Waals surface area contributed by atoms with Crippen LogP contribution in [0, 0.1) is 0 Å². The number of carbonyl (C=O) groups is 2. The van der Waals surface area contributed by atoms with Crippen molar-refractivity contribution in [2.24, 2.45) is 0 Å². The predicted octanol–water partition coefficient (Wildman–Crippen LogP) is -0.216. The third-order valence-electron chi connectivity index (χ3n) is 4.78. The number of nitrogens with zero attached hydrogens (tertiary/aromatic N) is 3. The minimum absolute atomic E-state index is 0.213. The number of carbonyl (C=O) groups excluding carboxylic acids is 2. The van der Waals surface area contributed by atoms with E-state index in [1.165, 1.54) is 4.68 Å². The Balaban J connectivity index is 1.70. The maximum Gasteiger partial charge on any atom is 0.275 e. The van der Waals surface area contributed by atoms with Gasteiger partial charge >= 0.3 is 0 Å². The molecule has 2 amide bonds. The van der Waals surface area contributed by atoms with Crippen molar-refractivity contribution in [3.63, 3.8) is 0 Å². The summed E-state index contributed by atoms with van der Waals surface area (Å²) in [4.78, 5) is 38.3. The first-order valence-electron chi connectivity index (χ1n) is 8.44. The number of amides is 2. The molecular formula is C17H19N5O3. The molecule has 1 unspecified atom stereocenters. The third-order valence-corrected chi connectivity index (χ3v) is 4.78. The van der Waals surface area contributed by atoms with Gasteiger partial charge in [0.2, 0.25) is 5.91 Å². The van der Waals surface area contributed by atoms with Gasteiger partial charge in [-0.1, -0.05) is 0 Å². The topological polar surface area (TPSA) is 96.3 Å². The molecule has 8 nitrogen and oxygen atoms in total. The van der Waals surface area contributed by atoms with Gasteiger partial charge in [-0.2, -0.15) is 5.10 Å². The van der Waals surface area contributed by atoms with Crippen LogP contribution in [-0.4, -0.2) is 47.8 Å². The van der Waals surface area contributed by atoms with Crippen molar-refractivity contribution in [3.8, 4) is 0 Å². The van der Waals surface area contributed by atoms with Gasteiger partial charge in [-0.15, -0.1) is 0 Å². The molecule has 2 N–H and O–H groups in total. The first-order valence-corrected chi connectivity index (χ1v) is 8.44. The average Bonchev–Trinajstić information content (AvgIpc) is 2.63. The number of nitrogens with one attached hydrogen (secondary N) is 2. The van der Waals surface area contributed by atoms with Crippen molar-refractivity contribution < 1.29 is 9.59 Å². The summed E-state index contributed by atoms with van der Waals surface area (Å²) in [7, 11) is 0. The molecule has 25 heavy (non-hydrogen) atoms. The highest BCUT2D eigenvalue weighted by atomic mass is 16.2. The number of hydrogen-bond acceptors (Lipinski definition) is 6. The van der Waals surface area contributed by atoms with Crippen LogP contribution in [0.5, 0.6) is 0 Å². The van der Waals surface area contributed by atoms with Gasteiger partial charge in [-0.05, 0) is 24.6 Å². The molecule has 0 aliphatic carbocycles. The zero-order valence-electron chi connectivity index (χ0n) is 13.7. The van der Waals surface area contributed by atoms with Crippen LogP contribution < -0.4 is 21.1 Å². The molecule has 0 saturated carbocycles. The zero-order valence-corrected chi connectivity index (χ0v) is 13.7. The van der Waals surface area contributed by atoms with Gasteiger partial charge in [0, 0.05) is 43.7 Å². The molecule has 130 valence electrons. The standard InChI is InChI=1S/C17H19N5O3/c23-15-4-3-14(16(24)20-15)22-17(25)13-2-1-12(9-11(13)10-19-22)21-7-5-18-6-8-21/h1-2,9-10,14,18H,3-8H2,(H,20,23,24). The van der Waals surface area contributed by atoms with Gasteiger partial charge in [0.1, 0.15) is 6.04 Å². The lowest BCUT2D eigenvalue weighted by atomic mass is 10.1. The van der Waals surface area contributed by atoms with E-state index in [-0.39, 0.29) is 17.9 Å². The third kappa shape index (κ3) is 2.89. The maximum atomic E-state index is 12.8. The van der Waals surface area contributed by atoms with Gasteiger partial charge < -0.3 is 10.2 Å². The molecule has 2 aliphatic heterocycles. The van der Waals surface area contributed by atoms with E-state index < -0.39 is 11.9 Å². The molecule has 2 aliphatic rings. The van der Waals surface area contributed by atoms with Crippen molar-refractivity contribution in [1.82, 2.24) is 20.4 Å². The summed E-state index contributed by atoms with van der Waals surface area (Å²) < 4.78 is 1.19. The summed E-state index contributed by atoms with van der Waals surface area (Å²) >= 11 is 0. The highest BCUT2D eigenvalue weighted by Gasteiger charge is 2.29. The van der Waals surface area contributed by atoms with Crippen LogP contribution in [-0.2, 0) is 9.59 Å². The second-order valence-electron chi connectivity index (χ2n) is 6.37. The van der Waals surface area contributed by atoms with Gasteiger partial charge in [0.15, 0.2) is 0 Å². The molecule has 3 heterocycles. The molecule has 1 aromatic heterocycles. The summed E-state index contributed by atoms with van der Waals surface area (Å²) in [6.07, 6.45) is 2.12. The number of fused-ring (bicyclic) bond motifs is 1. The van der Waals surface area contributed by atoms with Crippen LogP contribution in [0.4, 0.5) is 5.69 Å². The molecule has 0 bridgehead atoms. The summed E-state index contributed by atoms with van der Waals surface area (Å²) in [5, 5.41) is 11.1. The molecule has 2 aromatic rings. The molecule has 1 aromatic carbocycles. The molecule has 0 spiro atoms. The summed E-state index contributed by atoms with van der Waals surface area (Å²) in [6, 6.07) is 4.95. The number of benzene rings is 1. The Morgan fingerprint density at radius 3 is 2.68 bits per heavy atom. The van der Waals surface area contributed by atoms with E-state index in [0.29, 0.717) is 11.8 Å². The lowest BCUT2D eigenvalue weighted by Crippen LogP contribution is -2.45. The number of imide groups is 1. The van der Waals surface area contributed by atoms with Crippen molar-refractivity contribution in [3.05, 3.63) is 34.7 Å². The quantitative estimate of drug-likeness (QED) is 0.734. The normalized spacial score (nSPS) is 21.4. The Hall–Kier alpha value is -2.74. The van der Waals surface area contributed by atoms with E-state index >= 15 is 0 Å². The summed E-state index contributed by atoms with van der Waals surface area (Å²) in [5.41, 5.74) is 0.757. The molecule has 1 atom stereocenters. The van der Waals surface area contributed by atoms with Crippen LogP contribution in [0.2, 0.25) is 0 Å². The minimum atomic E-state index is -0.734. The van der Waals surface area contributed by atoms with Gasteiger partial charge in [-0.25, -0.2) is 4.68 Å². The molecule has 4 rings (SSSR count). The lowest BCUT2D eigenvalue weighted by Gasteiger charge is -2.29. The molecule has 0 radical (unpaired) electrons. The summed E-state index contributed by atoms with van der Waals surface area (Å²) in [5.74, 6) is -0.779. The predicted molar refractivity (Wildman–Crippen MR) is 92.5 cm³/mol. The smallest absolute Gasteiger partial charge is 0.275 e.